The van der Waals surface area contributed by atoms with Crippen LogP contribution in [-0.2, 0) is 11.3 Å². The predicted octanol–water partition coefficient (Wildman–Crippen LogP) is 2.03. The van der Waals surface area contributed by atoms with Crippen molar-refractivity contribution in [1.82, 2.24) is 0 Å². The molecular formula is C10H9ClO4. The molecule has 0 bridgehead atoms. The fraction of sp³-hybridized carbons (Fsp3) is 0.300. The normalized spacial score (nSPS) is 13.4. The number of benzene rings is 1. The monoisotopic (exact) mass is 228 g/mol. The van der Waals surface area contributed by atoms with E-state index in [0.29, 0.717) is 27.6 Å². The fourth-order valence-electron chi connectivity index (χ4n) is 1.55. The number of hydrogen-bond acceptors (Lipinski definition) is 4. The van der Waals surface area contributed by atoms with Crippen LogP contribution in [-0.4, -0.2) is 20.2 Å². The van der Waals surface area contributed by atoms with Crippen LogP contribution in [0, 0.1) is 0 Å². The molecule has 0 spiro atoms. The Labute approximate surface area is 91.7 Å². The number of carbonyl (C=O) groups excluding carboxylic acids is 1. The Kier molecular flexibility index (Phi) is 2.44. The van der Waals surface area contributed by atoms with Gasteiger partial charge in [0.1, 0.15) is 23.1 Å². The van der Waals surface area contributed by atoms with Crippen LogP contribution in [0.3, 0.4) is 0 Å². The summed E-state index contributed by atoms with van der Waals surface area (Å²) in [5, 5.41) is 0.358. The molecule has 15 heavy (non-hydrogen) atoms. The highest BCUT2D eigenvalue weighted by Crippen LogP contribution is 2.41. The molecule has 5 heteroatoms. The Bertz CT molecular complexity index is 428. The molecule has 4 nitrogen and oxygen atoms in total. The predicted molar refractivity (Wildman–Crippen MR) is 53.7 cm³/mol. The van der Waals surface area contributed by atoms with E-state index in [-0.39, 0.29) is 12.6 Å². The summed E-state index contributed by atoms with van der Waals surface area (Å²) in [7, 11) is 2.97. The number of esters is 1. The van der Waals surface area contributed by atoms with Crippen LogP contribution in [0.15, 0.2) is 6.07 Å². The maximum absolute atomic E-state index is 11.3. The van der Waals surface area contributed by atoms with Crippen molar-refractivity contribution in [2.24, 2.45) is 0 Å². The summed E-state index contributed by atoms with van der Waals surface area (Å²) in [5.41, 5.74) is 1.13. The van der Waals surface area contributed by atoms with Gasteiger partial charge in [-0.05, 0) is 6.07 Å². The van der Waals surface area contributed by atoms with Crippen LogP contribution < -0.4 is 9.47 Å². The summed E-state index contributed by atoms with van der Waals surface area (Å²) >= 11 is 6.02. The van der Waals surface area contributed by atoms with Crippen LogP contribution in [0.5, 0.6) is 11.5 Å². The lowest BCUT2D eigenvalue weighted by molar-refractivity contribution is 0.0534. The summed E-state index contributed by atoms with van der Waals surface area (Å²) in [6, 6.07) is 1.56. The van der Waals surface area contributed by atoms with Gasteiger partial charge in [-0.1, -0.05) is 11.6 Å². The molecule has 0 aromatic heterocycles. The van der Waals surface area contributed by atoms with Crippen molar-refractivity contribution >= 4 is 17.6 Å². The highest BCUT2D eigenvalue weighted by atomic mass is 35.5. The van der Waals surface area contributed by atoms with E-state index in [1.165, 1.54) is 14.2 Å². The van der Waals surface area contributed by atoms with Gasteiger partial charge in [0.2, 0.25) is 0 Å². The molecule has 0 N–H and O–H groups in total. The largest absolute Gasteiger partial charge is 0.495 e. The van der Waals surface area contributed by atoms with Crippen LogP contribution >= 0.6 is 11.6 Å². The first-order valence-electron chi connectivity index (χ1n) is 4.29. The third-order valence-electron chi connectivity index (χ3n) is 2.28. The number of cyclic esters (lactones) is 1. The number of halogens is 1. The number of carbonyl (C=O) groups is 1. The third-order valence-corrected chi connectivity index (χ3v) is 2.64. The minimum atomic E-state index is -0.377. The quantitative estimate of drug-likeness (QED) is 0.727. The van der Waals surface area contributed by atoms with E-state index in [0.717, 1.165) is 0 Å². The number of ether oxygens (including phenoxy) is 3. The highest BCUT2D eigenvalue weighted by molar-refractivity contribution is 6.34. The van der Waals surface area contributed by atoms with Crippen molar-refractivity contribution in [1.29, 1.82) is 0 Å². The van der Waals surface area contributed by atoms with Crippen LogP contribution in [0.4, 0.5) is 0 Å². The summed E-state index contributed by atoms with van der Waals surface area (Å²) in [5.74, 6) is 0.473. The smallest absolute Gasteiger partial charge is 0.339 e. The minimum Gasteiger partial charge on any atom is -0.495 e. The van der Waals surface area contributed by atoms with Crippen molar-refractivity contribution in [3.05, 3.63) is 22.2 Å². The summed E-state index contributed by atoms with van der Waals surface area (Å²) < 4.78 is 15.1. The van der Waals surface area contributed by atoms with Gasteiger partial charge < -0.3 is 14.2 Å². The topological polar surface area (TPSA) is 44.8 Å². The molecule has 0 fully saturated rings. The summed E-state index contributed by atoms with van der Waals surface area (Å²) in [4.78, 5) is 11.3. The van der Waals surface area contributed by atoms with E-state index in [1.54, 1.807) is 6.07 Å². The molecule has 80 valence electrons. The molecule has 1 aromatic carbocycles. The first-order chi connectivity index (χ1) is 7.19. The Morgan fingerprint density at radius 1 is 1.40 bits per heavy atom. The first kappa shape index (κ1) is 10.1. The fourth-order valence-corrected chi connectivity index (χ4v) is 1.87. The molecule has 0 radical (unpaired) electrons. The molecule has 0 unspecified atom stereocenters. The number of hydrogen-bond donors (Lipinski definition) is 0. The molecule has 0 saturated carbocycles. The van der Waals surface area contributed by atoms with Gasteiger partial charge in [-0.2, -0.15) is 0 Å². The summed E-state index contributed by atoms with van der Waals surface area (Å²) in [6.45, 7) is 0.195. The van der Waals surface area contributed by atoms with Gasteiger partial charge >= 0.3 is 5.97 Å². The molecule has 0 saturated heterocycles. The Morgan fingerprint density at radius 2 is 2.13 bits per heavy atom. The zero-order valence-corrected chi connectivity index (χ0v) is 9.05. The molecule has 2 rings (SSSR count). The van der Waals surface area contributed by atoms with E-state index >= 15 is 0 Å². The van der Waals surface area contributed by atoms with Crippen LogP contribution in [0.2, 0.25) is 5.02 Å². The van der Waals surface area contributed by atoms with Crippen LogP contribution in [0.25, 0.3) is 0 Å². The van der Waals surface area contributed by atoms with Crippen LogP contribution in [0.1, 0.15) is 15.9 Å². The molecule has 0 atom stereocenters. The molecule has 1 aromatic rings. The van der Waals surface area contributed by atoms with E-state index < -0.39 is 0 Å². The minimum absolute atomic E-state index is 0.195. The van der Waals surface area contributed by atoms with E-state index in [2.05, 4.69) is 0 Å². The zero-order chi connectivity index (χ0) is 11.0. The number of methoxy groups -OCH3 is 2. The first-order valence-corrected chi connectivity index (χ1v) is 4.67. The third kappa shape index (κ3) is 1.41. The zero-order valence-electron chi connectivity index (χ0n) is 8.30. The van der Waals surface area contributed by atoms with Crippen molar-refractivity contribution in [3.8, 4) is 11.5 Å². The van der Waals surface area contributed by atoms with Gasteiger partial charge in [0, 0.05) is 5.56 Å². The lowest BCUT2D eigenvalue weighted by Gasteiger charge is -2.10. The van der Waals surface area contributed by atoms with Crippen molar-refractivity contribution in [2.45, 2.75) is 6.61 Å². The maximum atomic E-state index is 11.3. The lowest BCUT2D eigenvalue weighted by Crippen LogP contribution is -1.98. The van der Waals surface area contributed by atoms with Gasteiger partial charge in [-0.15, -0.1) is 0 Å². The van der Waals surface area contributed by atoms with Crippen molar-refractivity contribution in [2.75, 3.05) is 14.2 Å². The lowest BCUT2D eigenvalue weighted by atomic mass is 10.1. The second-order valence-electron chi connectivity index (χ2n) is 3.03. The number of rotatable bonds is 2. The molecule has 0 amide bonds. The average Bonchev–Trinajstić information content (AvgIpc) is 2.59. The average molecular weight is 229 g/mol. The Hall–Kier alpha value is -1.42. The SMILES string of the molecule is COc1cc2c(c(OC)c1Cl)COC2=O. The highest BCUT2D eigenvalue weighted by Gasteiger charge is 2.28. The van der Waals surface area contributed by atoms with Gasteiger partial charge in [-0.3, -0.25) is 0 Å². The summed E-state index contributed by atoms with van der Waals surface area (Å²) in [6.07, 6.45) is 0. The van der Waals surface area contributed by atoms with E-state index in [1.807, 2.05) is 0 Å². The van der Waals surface area contributed by atoms with Gasteiger partial charge in [0.05, 0.1) is 19.8 Å². The molecule has 1 aliphatic rings. The second kappa shape index (κ2) is 3.62. The van der Waals surface area contributed by atoms with Crippen molar-refractivity contribution < 1.29 is 19.0 Å². The van der Waals surface area contributed by atoms with Gasteiger partial charge in [-0.25, -0.2) is 4.79 Å². The van der Waals surface area contributed by atoms with Gasteiger partial charge in [0.25, 0.3) is 0 Å². The van der Waals surface area contributed by atoms with E-state index in [4.69, 9.17) is 25.8 Å². The Morgan fingerprint density at radius 3 is 2.73 bits per heavy atom. The second-order valence-corrected chi connectivity index (χ2v) is 3.41. The molecular weight excluding hydrogens is 220 g/mol. The number of fused-ring (bicyclic) bond motifs is 1. The Balaban J connectivity index is 2.68. The van der Waals surface area contributed by atoms with E-state index in [9.17, 15) is 4.79 Å². The van der Waals surface area contributed by atoms with Crippen molar-refractivity contribution in [3.63, 3.8) is 0 Å². The van der Waals surface area contributed by atoms with Gasteiger partial charge in [0.15, 0.2) is 0 Å². The molecule has 0 aliphatic carbocycles. The molecule has 1 aliphatic heterocycles. The molecule has 1 heterocycles. The maximum Gasteiger partial charge on any atom is 0.339 e. The standard InChI is InChI=1S/C10H9ClO4/c1-13-7-3-5-6(4-15-10(5)12)9(14-2)8(7)11/h3H,4H2,1-2H3.